The van der Waals surface area contributed by atoms with E-state index in [1.807, 2.05) is 24.3 Å². The van der Waals surface area contributed by atoms with Crippen LogP contribution in [0.3, 0.4) is 0 Å². The minimum absolute atomic E-state index is 0.0857. The maximum atomic E-state index is 11.5. The summed E-state index contributed by atoms with van der Waals surface area (Å²) >= 11 is 3.37. The van der Waals surface area contributed by atoms with Gasteiger partial charge in [-0.1, -0.05) is 28.1 Å². The van der Waals surface area contributed by atoms with Crippen LogP contribution in [-0.2, 0) is 4.79 Å². The van der Waals surface area contributed by atoms with Gasteiger partial charge in [-0.25, -0.2) is 5.01 Å². The quantitative estimate of drug-likeness (QED) is 0.823. The van der Waals surface area contributed by atoms with Gasteiger partial charge in [0.2, 0.25) is 5.91 Å². The SMILES string of the molecule is CN(C)NC(=O)CC(N)c1cccc(Br)c1. The number of halogens is 1. The Labute approximate surface area is 104 Å². The van der Waals surface area contributed by atoms with Crippen molar-refractivity contribution >= 4 is 21.8 Å². The van der Waals surface area contributed by atoms with E-state index in [0.717, 1.165) is 10.0 Å². The van der Waals surface area contributed by atoms with Gasteiger partial charge in [0.05, 0.1) is 0 Å². The summed E-state index contributed by atoms with van der Waals surface area (Å²) in [6.07, 6.45) is 0.272. The summed E-state index contributed by atoms with van der Waals surface area (Å²) in [5, 5.41) is 1.61. The average molecular weight is 286 g/mol. The molecule has 0 radical (unpaired) electrons. The third kappa shape index (κ3) is 4.30. The molecule has 0 aromatic heterocycles. The number of hydrazine groups is 1. The fourth-order valence-corrected chi connectivity index (χ4v) is 1.77. The number of hydrogen-bond acceptors (Lipinski definition) is 3. The van der Waals surface area contributed by atoms with Gasteiger partial charge in [0.25, 0.3) is 0 Å². The number of nitrogens with two attached hydrogens (primary N) is 1. The zero-order valence-electron chi connectivity index (χ0n) is 9.40. The van der Waals surface area contributed by atoms with Crippen molar-refractivity contribution in [2.24, 2.45) is 5.73 Å². The van der Waals surface area contributed by atoms with Gasteiger partial charge in [-0.3, -0.25) is 10.2 Å². The second-order valence-corrected chi connectivity index (χ2v) is 4.71. The standard InChI is InChI=1S/C11H16BrN3O/c1-15(2)14-11(16)7-10(13)8-4-3-5-9(12)6-8/h3-6,10H,7,13H2,1-2H3,(H,14,16). The summed E-state index contributed by atoms with van der Waals surface area (Å²) in [4.78, 5) is 11.5. The normalized spacial score (nSPS) is 12.6. The first-order chi connectivity index (χ1) is 7.49. The van der Waals surface area contributed by atoms with E-state index in [9.17, 15) is 4.79 Å². The second-order valence-electron chi connectivity index (χ2n) is 3.80. The number of rotatable bonds is 4. The Balaban J connectivity index is 2.58. The summed E-state index contributed by atoms with van der Waals surface area (Å²) in [5.41, 5.74) is 9.55. The van der Waals surface area contributed by atoms with Gasteiger partial charge in [-0.2, -0.15) is 0 Å². The van der Waals surface area contributed by atoms with Gasteiger partial charge in [-0.15, -0.1) is 0 Å². The Hall–Kier alpha value is -0.910. The van der Waals surface area contributed by atoms with Crippen molar-refractivity contribution in [3.8, 4) is 0 Å². The molecule has 0 heterocycles. The molecule has 0 saturated carbocycles. The molecule has 0 aliphatic carbocycles. The molecule has 88 valence electrons. The van der Waals surface area contributed by atoms with E-state index in [1.165, 1.54) is 0 Å². The molecule has 0 aliphatic rings. The number of amides is 1. The smallest absolute Gasteiger partial charge is 0.236 e. The highest BCUT2D eigenvalue weighted by Gasteiger charge is 2.12. The van der Waals surface area contributed by atoms with Gasteiger partial charge < -0.3 is 5.73 Å². The van der Waals surface area contributed by atoms with Crippen molar-refractivity contribution in [3.63, 3.8) is 0 Å². The van der Waals surface area contributed by atoms with E-state index in [1.54, 1.807) is 19.1 Å². The molecule has 16 heavy (non-hydrogen) atoms. The molecule has 0 spiro atoms. The third-order valence-corrected chi connectivity index (χ3v) is 2.52. The highest BCUT2D eigenvalue weighted by Crippen LogP contribution is 2.18. The predicted octanol–water partition coefficient (Wildman–Crippen LogP) is 1.43. The molecular formula is C11H16BrN3O. The lowest BCUT2D eigenvalue weighted by Crippen LogP contribution is -2.37. The Morgan fingerprint density at radius 2 is 2.25 bits per heavy atom. The van der Waals surface area contributed by atoms with Crippen LogP contribution in [0, 0.1) is 0 Å². The molecule has 0 fully saturated rings. The van der Waals surface area contributed by atoms with Crippen molar-refractivity contribution in [1.29, 1.82) is 0 Å². The van der Waals surface area contributed by atoms with Crippen LogP contribution >= 0.6 is 15.9 Å². The molecule has 0 bridgehead atoms. The Morgan fingerprint density at radius 3 is 2.81 bits per heavy atom. The molecule has 1 rings (SSSR count). The minimum atomic E-state index is -0.280. The van der Waals surface area contributed by atoms with Gasteiger partial charge >= 0.3 is 0 Å². The molecule has 1 atom stereocenters. The fourth-order valence-electron chi connectivity index (χ4n) is 1.35. The van der Waals surface area contributed by atoms with Crippen molar-refractivity contribution in [3.05, 3.63) is 34.3 Å². The van der Waals surface area contributed by atoms with Gasteiger partial charge in [-0.05, 0) is 17.7 Å². The average Bonchev–Trinajstić information content (AvgIpc) is 2.16. The Kier molecular flexibility index (Phi) is 4.92. The Bertz CT molecular complexity index is 368. The van der Waals surface area contributed by atoms with Crippen LogP contribution in [0.5, 0.6) is 0 Å². The molecule has 1 unspecified atom stereocenters. The first-order valence-electron chi connectivity index (χ1n) is 4.97. The monoisotopic (exact) mass is 285 g/mol. The highest BCUT2D eigenvalue weighted by molar-refractivity contribution is 9.10. The molecule has 5 heteroatoms. The first kappa shape index (κ1) is 13.2. The lowest BCUT2D eigenvalue weighted by atomic mass is 10.0. The maximum Gasteiger partial charge on any atom is 0.236 e. The number of benzene rings is 1. The zero-order chi connectivity index (χ0) is 12.1. The Morgan fingerprint density at radius 1 is 1.56 bits per heavy atom. The van der Waals surface area contributed by atoms with Gasteiger partial charge in [0, 0.05) is 31.0 Å². The number of hydrogen-bond donors (Lipinski definition) is 2. The van der Waals surface area contributed by atoms with Crippen LogP contribution in [-0.4, -0.2) is 25.0 Å². The van der Waals surface area contributed by atoms with Crippen LogP contribution in [0.2, 0.25) is 0 Å². The van der Waals surface area contributed by atoms with E-state index in [4.69, 9.17) is 5.73 Å². The largest absolute Gasteiger partial charge is 0.324 e. The number of nitrogens with zero attached hydrogens (tertiary/aromatic N) is 1. The lowest BCUT2D eigenvalue weighted by Gasteiger charge is -2.15. The molecule has 0 saturated heterocycles. The number of carbonyl (C=O) groups is 1. The van der Waals surface area contributed by atoms with E-state index < -0.39 is 0 Å². The molecule has 3 N–H and O–H groups in total. The van der Waals surface area contributed by atoms with Crippen molar-refractivity contribution < 1.29 is 4.79 Å². The second kappa shape index (κ2) is 5.98. The van der Waals surface area contributed by atoms with Crippen LogP contribution in [0.15, 0.2) is 28.7 Å². The molecule has 1 amide bonds. The van der Waals surface area contributed by atoms with E-state index in [2.05, 4.69) is 21.4 Å². The zero-order valence-corrected chi connectivity index (χ0v) is 11.0. The van der Waals surface area contributed by atoms with Crippen LogP contribution < -0.4 is 11.2 Å². The summed E-state index contributed by atoms with van der Waals surface area (Å²) < 4.78 is 0.966. The number of nitrogens with one attached hydrogen (secondary N) is 1. The summed E-state index contributed by atoms with van der Waals surface area (Å²) in [6.45, 7) is 0. The number of carbonyl (C=O) groups excluding carboxylic acids is 1. The molecule has 0 aliphatic heterocycles. The van der Waals surface area contributed by atoms with Crippen LogP contribution in [0.1, 0.15) is 18.0 Å². The van der Waals surface area contributed by atoms with Gasteiger partial charge in [0.15, 0.2) is 0 Å². The first-order valence-corrected chi connectivity index (χ1v) is 5.76. The lowest BCUT2D eigenvalue weighted by molar-refractivity contribution is -0.125. The molecule has 1 aromatic rings. The summed E-state index contributed by atoms with van der Waals surface area (Å²) in [7, 11) is 3.53. The fraction of sp³-hybridized carbons (Fsp3) is 0.364. The molecule has 1 aromatic carbocycles. The van der Waals surface area contributed by atoms with Crippen molar-refractivity contribution in [2.45, 2.75) is 12.5 Å². The topological polar surface area (TPSA) is 58.4 Å². The van der Waals surface area contributed by atoms with Crippen LogP contribution in [0.4, 0.5) is 0 Å². The molecular weight excluding hydrogens is 270 g/mol. The van der Waals surface area contributed by atoms with Gasteiger partial charge in [0.1, 0.15) is 0 Å². The van der Waals surface area contributed by atoms with Crippen molar-refractivity contribution in [2.75, 3.05) is 14.1 Å². The summed E-state index contributed by atoms with van der Waals surface area (Å²) in [5.74, 6) is -0.0857. The van der Waals surface area contributed by atoms with E-state index in [-0.39, 0.29) is 18.4 Å². The minimum Gasteiger partial charge on any atom is -0.324 e. The van der Waals surface area contributed by atoms with E-state index in [0.29, 0.717) is 0 Å². The third-order valence-electron chi connectivity index (χ3n) is 2.03. The summed E-state index contributed by atoms with van der Waals surface area (Å²) in [6, 6.07) is 7.39. The maximum absolute atomic E-state index is 11.5. The predicted molar refractivity (Wildman–Crippen MR) is 67.5 cm³/mol. The van der Waals surface area contributed by atoms with Crippen molar-refractivity contribution in [1.82, 2.24) is 10.4 Å². The van der Waals surface area contributed by atoms with E-state index >= 15 is 0 Å². The highest BCUT2D eigenvalue weighted by atomic mass is 79.9. The molecule has 4 nitrogen and oxygen atoms in total. The van der Waals surface area contributed by atoms with Crippen LogP contribution in [0.25, 0.3) is 0 Å².